The molecule has 76 valence electrons. The topological polar surface area (TPSA) is 88.5 Å². The highest BCUT2D eigenvalue weighted by Gasteiger charge is 1.92. The number of hydrazine groups is 1. The van der Waals surface area contributed by atoms with Crippen LogP contribution in [0.15, 0.2) is 29.3 Å². The Morgan fingerprint density at radius 1 is 1.29 bits per heavy atom. The molecular weight excluding hydrogens is 178 g/mol. The molecule has 14 heavy (non-hydrogen) atoms. The lowest BCUT2D eigenvalue weighted by Crippen LogP contribution is -2.26. The summed E-state index contributed by atoms with van der Waals surface area (Å²) in [6.07, 6.45) is 0. The Bertz CT molecular complexity index is 299. The number of nitrogens with two attached hydrogens (primary N) is 2. The molecule has 0 aliphatic carbocycles. The summed E-state index contributed by atoms with van der Waals surface area (Å²) >= 11 is 0. The molecular formula is C9H15N5. The molecule has 0 atom stereocenters. The van der Waals surface area contributed by atoms with E-state index in [-0.39, 0.29) is 5.96 Å². The van der Waals surface area contributed by atoms with Crippen molar-refractivity contribution in [1.82, 2.24) is 10.9 Å². The second-order valence-corrected chi connectivity index (χ2v) is 2.81. The minimum Gasteiger partial charge on any atom is -0.370 e. The summed E-state index contributed by atoms with van der Waals surface area (Å²) in [5.74, 6) is 0.0751. The van der Waals surface area contributed by atoms with E-state index in [9.17, 15) is 0 Å². The average molecular weight is 193 g/mol. The van der Waals surface area contributed by atoms with Crippen LogP contribution in [0.2, 0.25) is 0 Å². The average Bonchev–Trinajstić information content (AvgIpc) is 2.16. The Labute approximate surface area is 83.2 Å². The van der Waals surface area contributed by atoms with E-state index in [4.69, 9.17) is 11.5 Å². The maximum absolute atomic E-state index is 5.25. The van der Waals surface area contributed by atoms with Gasteiger partial charge in [-0.3, -0.25) is 10.9 Å². The number of nitrogens with zero attached hydrogens (tertiary/aromatic N) is 1. The number of hydrogen-bond acceptors (Lipinski definition) is 3. The van der Waals surface area contributed by atoms with E-state index in [2.05, 4.69) is 15.8 Å². The van der Waals surface area contributed by atoms with Crippen molar-refractivity contribution in [3.8, 4) is 0 Å². The number of nitrogens with one attached hydrogen (secondary N) is 2. The molecule has 0 aliphatic rings. The third-order valence-corrected chi connectivity index (χ3v) is 1.66. The third kappa shape index (κ3) is 3.42. The second kappa shape index (κ2) is 5.21. The van der Waals surface area contributed by atoms with Gasteiger partial charge in [0.05, 0.1) is 5.69 Å². The summed E-state index contributed by atoms with van der Waals surface area (Å²) in [5, 5.41) is 0. The molecule has 0 aliphatic heterocycles. The zero-order chi connectivity index (χ0) is 10.4. The van der Waals surface area contributed by atoms with E-state index < -0.39 is 0 Å². The van der Waals surface area contributed by atoms with Gasteiger partial charge in [-0.15, -0.1) is 0 Å². The second-order valence-electron chi connectivity index (χ2n) is 2.81. The largest absolute Gasteiger partial charge is 0.370 e. The number of rotatable bonds is 4. The third-order valence-electron chi connectivity index (χ3n) is 1.66. The Morgan fingerprint density at radius 2 is 1.93 bits per heavy atom. The molecule has 1 aromatic rings. The van der Waals surface area contributed by atoms with Gasteiger partial charge < -0.3 is 11.5 Å². The molecule has 0 unspecified atom stereocenters. The van der Waals surface area contributed by atoms with Gasteiger partial charge in [0.1, 0.15) is 0 Å². The molecule has 6 N–H and O–H groups in total. The fraction of sp³-hybridized carbons (Fsp3) is 0.222. The Hall–Kier alpha value is -1.59. The molecule has 0 heterocycles. The minimum atomic E-state index is 0.0751. The van der Waals surface area contributed by atoms with Crippen molar-refractivity contribution in [3.05, 3.63) is 29.8 Å². The monoisotopic (exact) mass is 193 g/mol. The number of benzene rings is 1. The van der Waals surface area contributed by atoms with Crippen LogP contribution in [0.3, 0.4) is 0 Å². The Morgan fingerprint density at radius 3 is 2.43 bits per heavy atom. The lowest BCUT2D eigenvalue weighted by Gasteiger charge is -2.02. The number of aliphatic imine (C=N–C) groups is 1. The highest BCUT2D eigenvalue weighted by atomic mass is 15.3. The fourth-order valence-electron chi connectivity index (χ4n) is 1.03. The number of hydrogen-bond donors (Lipinski definition) is 4. The van der Waals surface area contributed by atoms with Crippen LogP contribution >= 0.6 is 0 Å². The molecule has 0 fully saturated rings. The van der Waals surface area contributed by atoms with Crippen LogP contribution in [0.4, 0.5) is 5.69 Å². The van der Waals surface area contributed by atoms with Crippen LogP contribution in [-0.2, 0) is 6.54 Å². The Balaban J connectivity index is 2.64. The summed E-state index contributed by atoms with van der Waals surface area (Å²) in [4.78, 5) is 3.92. The highest BCUT2D eigenvalue weighted by Crippen LogP contribution is 2.12. The van der Waals surface area contributed by atoms with Gasteiger partial charge in [-0.25, -0.2) is 4.99 Å². The quantitative estimate of drug-likeness (QED) is 0.303. The van der Waals surface area contributed by atoms with Crippen LogP contribution in [-0.4, -0.2) is 13.0 Å². The lowest BCUT2D eigenvalue weighted by molar-refractivity contribution is 0.596. The Kier molecular flexibility index (Phi) is 3.90. The van der Waals surface area contributed by atoms with Crippen LogP contribution in [0.1, 0.15) is 5.56 Å². The summed E-state index contributed by atoms with van der Waals surface area (Å²) < 4.78 is 0. The smallest absolute Gasteiger partial charge is 0.191 e. The van der Waals surface area contributed by atoms with Crippen LogP contribution in [0.5, 0.6) is 0 Å². The molecule has 1 rings (SSSR count). The first-order chi connectivity index (χ1) is 6.72. The van der Waals surface area contributed by atoms with E-state index in [0.717, 1.165) is 17.8 Å². The van der Waals surface area contributed by atoms with Crippen molar-refractivity contribution in [3.63, 3.8) is 0 Å². The van der Waals surface area contributed by atoms with Crippen molar-refractivity contribution in [1.29, 1.82) is 0 Å². The van der Waals surface area contributed by atoms with Crippen molar-refractivity contribution in [2.45, 2.75) is 6.54 Å². The SMILES string of the molecule is CNNCc1ccc(N=C(N)N)cc1. The van der Waals surface area contributed by atoms with Gasteiger partial charge in [-0.1, -0.05) is 12.1 Å². The van der Waals surface area contributed by atoms with E-state index in [1.807, 2.05) is 31.3 Å². The zero-order valence-electron chi connectivity index (χ0n) is 8.12. The summed E-state index contributed by atoms with van der Waals surface area (Å²) in [5.41, 5.74) is 18.3. The van der Waals surface area contributed by atoms with Crippen LogP contribution in [0.25, 0.3) is 0 Å². The van der Waals surface area contributed by atoms with Crippen molar-refractivity contribution in [2.24, 2.45) is 16.5 Å². The molecule has 0 radical (unpaired) electrons. The van der Waals surface area contributed by atoms with Crippen LogP contribution < -0.4 is 22.3 Å². The zero-order valence-corrected chi connectivity index (χ0v) is 8.12. The molecule has 5 heteroatoms. The standard InChI is InChI=1S/C9H15N5/c1-12-13-6-7-2-4-8(5-3-7)14-9(10)11/h2-5,12-13H,6H2,1H3,(H4,10,11,14). The highest BCUT2D eigenvalue weighted by molar-refractivity contribution is 5.78. The minimum absolute atomic E-state index is 0.0751. The lowest BCUT2D eigenvalue weighted by atomic mass is 10.2. The van der Waals surface area contributed by atoms with E-state index in [0.29, 0.717) is 0 Å². The molecule has 0 bridgehead atoms. The van der Waals surface area contributed by atoms with Gasteiger partial charge in [0, 0.05) is 6.54 Å². The summed E-state index contributed by atoms with van der Waals surface area (Å²) in [6, 6.07) is 7.66. The van der Waals surface area contributed by atoms with Crippen molar-refractivity contribution < 1.29 is 0 Å². The molecule has 5 nitrogen and oxygen atoms in total. The van der Waals surface area contributed by atoms with E-state index >= 15 is 0 Å². The normalized spacial score (nSPS) is 9.79. The van der Waals surface area contributed by atoms with Crippen molar-refractivity contribution >= 4 is 11.6 Å². The first-order valence-corrected chi connectivity index (χ1v) is 4.30. The maximum Gasteiger partial charge on any atom is 0.191 e. The molecule has 0 saturated heterocycles. The first kappa shape index (κ1) is 10.5. The predicted molar refractivity (Wildman–Crippen MR) is 57.8 cm³/mol. The summed E-state index contributed by atoms with van der Waals surface area (Å²) in [6.45, 7) is 0.763. The number of guanidine groups is 1. The van der Waals surface area contributed by atoms with Crippen molar-refractivity contribution in [2.75, 3.05) is 7.05 Å². The van der Waals surface area contributed by atoms with Gasteiger partial charge >= 0.3 is 0 Å². The molecule has 0 amide bonds. The van der Waals surface area contributed by atoms with Crippen LogP contribution in [0, 0.1) is 0 Å². The molecule has 0 aromatic heterocycles. The van der Waals surface area contributed by atoms with Gasteiger partial charge in [-0.2, -0.15) is 0 Å². The van der Waals surface area contributed by atoms with Gasteiger partial charge in [-0.05, 0) is 24.7 Å². The van der Waals surface area contributed by atoms with E-state index in [1.165, 1.54) is 0 Å². The van der Waals surface area contributed by atoms with Gasteiger partial charge in [0.15, 0.2) is 5.96 Å². The fourth-order valence-corrected chi connectivity index (χ4v) is 1.03. The molecule has 1 aromatic carbocycles. The predicted octanol–water partition coefficient (Wildman–Crippen LogP) is -0.184. The first-order valence-electron chi connectivity index (χ1n) is 4.30. The molecule has 0 spiro atoms. The van der Waals surface area contributed by atoms with Gasteiger partial charge in [0.2, 0.25) is 0 Å². The summed E-state index contributed by atoms with van der Waals surface area (Å²) in [7, 11) is 1.83. The van der Waals surface area contributed by atoms with E-state index in [1.54, 1.807) is 0 Å². The maximum atomic E-state index is 5.25. The molecule has 0 saturated carbocycles. The van der Waals surface area contributed by atoms with Gasteiger partial charge in [0.25, 0.3) is 0 Å².